The van der Waals surface area contributed by atoms with Gasteiger partial charge in [0.1, 0.15) is 0 Å². The lowest BCUT2D eigenvalue weighted by atomic mass is 10.00. The smallest absolute Gasteiger partial charge is 0.320 e. The first-order valence-electron chi connectivity index (χ1n) is 9.15. The van der Waals surface area contributed by atoms with Gasteiger partial charge in [-0.15, -0.1) is 0 Å². The van der Waals surface area contributed by atoms with E-state index in [4.69, 9.17) is 0 Å². The molecule has 2 aromatic rings. The summed E-state index contributed by atoms with van der Waals surface area (Å²) >= 11 is 0. The molecule has 0 fully saturated rings. The van der Waals surface area contributed by atoms with E-state index >= 15 is 0 Å². The van der Waals surface area contributed by atoms with Crippen LogP contribution in [0.4, 0.5) is 10.5 Å². The van der Waals surface area contributed by atoms with Crippen LogP contribution < -0.4 is 10.0 Å². The second kappa shape index (κ2) is 7.03. The van der Waals surface area contributed by atoms with E-state index in [0.717, 1.165) is 22.3 Å². The van der Waals surface area contributed by atoms with Gasteiger partial charge in [-0.25, -0.2) is 17.9 Å². The summed E-state index contributed by atoms with van der Waals surface area (Å²) in [5.74, 6) is 0.146. The summed E-state index contributed by atoms with van der Waals surface area (Å²) in [6.45, 7) is 0.774. The van der Waals surface area contributed by atoms with Gasteiger partial charge in [0.15, 0.2) is 5.78 Å². The standard InChI is InChI=1S/C20H21N3O4S/c1-21-28(26,27)19-4-2-3-14-12-23(10-9-17(14)19)20(25)22-15-6-7-16-13(11-15)5-8-18(16)24/h2-4,6-7,11,21H,5,8-10,12H2,1H3,(H,22,25). The topological polar surface area (TPSA) is 95.6 Å². The summed E-state index contributed by atoms with van der Waals surface area (Å²) in [5, 5.41) is 2.89. The second-order valence-corrected chi connectivity index (χ2v) is 8.85. The molecule has 28 heavy (non-hydrogen) atoms. The fraction of sp³-hybridized carbons (Fsp3) is 0.300. The number of hydrogen-bond donors (Lipinski definition) is 2. The van der Waals surface area contributed by atoms with Gasteiger partial charge in [-0.05, 0) is 60.8 Å². The number of carbonyl (C=O) groups excluding carboxylic acids is 2. The summed E-state index contributed by atoms with van der Waals surface area (Å²) in [6, 6.07) is 10.3. The molecule has 0 unspecified atom stereocenters. The lowest BCUT2D eigenvalue weighted by molar-refractivity contribution is 0.0994. The summed E-state index contributed by atoms with van der Waals surface area (Å²) in [4.78, 5) is 26.4. The molecule has 1 aliphatic carbocycles. The first-order chi connectivity index (χ1) is 13.4. The lowest BCUT2D eigenvalue weighted by Crippen LogP contribution is -2.39. The predicted octanol–water partition coefficient (Wildman–Crippen LogP) is 2.31. The van der Waals surface area contributed by atoms with Gasteiger partial charge in [-0.2, -0.15) is 0 Å². The maximum absolute atomic E-state index is 12.7. The van der Waals surface area contributed by atoms with Gasteiger partial charge in [-0.1, -0.05) is 12.1 Å². The molecule has 1 aliphatic heterocycles. The van der Waals surface area contributed by atoms with Crippen LogP contribution in [0.1, 0.15) is 33.5 Å². The Morgan fingerprint density at radius 2 is 1.89 bits per heavy atom. The number of hydrogen-bond acceptors (Lipinski definition) is 4. The van der Waals surface area contributed by atoms with Crippen molar-refractivity contribution in [1.82, 2.24) is 9.62 Å². The Hall–Kier alpha value is -2.71. The molecule has 8 heteroatoms. The van der Waals surface area contributed by atoms with Crippen LogP contribution in [-0.2, 0) is 29.4 Å². The molecule has 0 saturated carbocycles. The molecule has 2 aliphatic rings. The van der Waals surface area contributed by atoms with Crippen molar-refractivity contribution in [2.75, 3.05) is 18.9 Å². The normalized spacial score (nSPS) is 15.9. The quantitative estimate of drug-likeness (QED) is 0.828. The molecule has 0 saturated heterocycles. The molecule has 2 N–H and O–H groups in total. The Bertz CT molecular complexity index is 1080. The number of benzene rings is 2. The molecule has 0 radical (unpaired) electrons. The van der Waals surface area contributed by atoms with Crippen molar-refractivity contribution in [2.24, 2.45) is 0 Å². The Labute approximate surface area is 163 Å². The molecular weight excluding hydrogens is 378 g/mol. The number of ketones is 1. The Kier molecular flexibility index (Phi) is 4.68. The fourth-order valence-electron chi connectivity index (χ4n) is 3.85. The fourth-order valence-corrected chi connectivity index (χ4v) is 4.88. The first-order valence-corrected chi connectivity index (χ1v) is 10.6. The van der Waals surface area contributed by atoms with Crippen LogP contribution in [0.25, 0.3) is 0 Å². The highest BCUT2D eigenvalue weighted by Gasteiger charge is 2.26. The molecule has 0 aromatic heterocycles. The highest BCUT2D eigenvalue weighted by molar-refractivity contribution is 7.89. The van der Waals surface area contributed by atoms with E-state index in [1.807, 2.05) is 12.1 Å². The lowest BCUT2D eigenvalue weighted by Gasteiger charge is -2.30. The minimum absolute atomic E-state index is 0.146. The average Bonchev–Trinajstić information content (AvgIpc) is 3.07. The van der Waals surface area contributed by atoms with Gasteiger partial charge < -0.3 is 10.2 Å². The van der Waals surface area contributed by atoms with E-state index in [1.165, 1.54) is 7.05 Å². The van der Waals surface area contributed by atoms with E-state index in [0.29, 0.717) is 38.0 Å². The molecule has 2 aromatic carbocycles. The van der Waals surface area contributed by atoms with Gasteiger partial charge >= 0.3 is 6.03 Å². The largest absolute Gasteiger partial charge is 0.322 e. The zero-order valence-electron chi connectivity index (χ0n) is 15.5. The SMILES string of the molecule is CNS(=O)(=O)c1cccc2c1CCN(C(=O)Nc1ccc3c(c1)CCC3=O)C2. The number of Topliss-reactive ketones (excluding diaryl/α,β-unsaturated/α-hetero) is 1. The molecule has 7 nitrogen and oxygen atoms in total. The summed E-state index contributed by atoms with van der Waals surface area (Å²) in [5.41, 5.74) is 3.96. The molecule has 146 valence electrons. The van der Waals surface area contributed by atoms with Gasteiger partial charge in [0.25, 0.3) is 0 Å². The van der Waals surface area contributed by atoms with E-state index in [9.17, 15) is 18.0 Å². The van der Waals surface area contributed by atoms with Gasteiger partial charge in [0.2, 0.25) is 10.0 Å². The Morgan fingerprint density at radius 3 is 2.68 bits per heavy atom. The molecule has 4 rings (SSSR count). The van der Waals surface area contributed by atoms with Gasteiger partial charge in [0, 0.05) is 30.8 Å². The number of nitrogens with one attached hydrogen (secondary N) is 2. The van der Waals surface area contributed by atoms with Crippen molar-refractivity contribution >= 4 is 27.5 Å². The third kappa shape index (κ3) is 3.29. The van der Waals surface area contributed by atoms with E-state index < -0.39 is 10.0 Å². The van der Waals surface area contributed by atoms with Crippen molar-refractivity contribution in [1.29, 1.82) is 0 Å². The van der Waals surface area contributed by atoms with Crippen LogP contribution in [0.2, 0.25) is 0 Å². The zero-order chi connectivity index (χ0) is 19.9. The summed E-state index contributed by atoms with van der Waals surface area (Å²) in [6.07, 6.45) is 1.70. The highest BCUT2D eigenvalue weighted by Crippen LogP contribution is 2.27. The molecule has 0 spiro atoms. The third-order valence-corrected chi connectivity index (χ3v) is 6.85. The van der Waals surface area contributed by atoms with Crippen molar-refractivity contribution in [3.8, 4) is 0 Å². The minimum Gasteiger partial charge on any atom is -0.320 e. The van der Waals surface area contributed by atoms with Gasteiger partial charge in [-0.3, -0.25) is 4.79 Å². The zero-order valence-corrected chi connectivity index (χ0v) is 16.3. The van der Waals surface area contributed by atoms with Crippen molar-refractivity contribution in [3.05, 3.63) is 58.7 Å². The van der Waals surface area contributed by atoms with Crippen molar-refractivity contribution in [3.63, 3.8) is 0 Å². The minimum atomic E-state index is -3.53. The summed E-state index contributed by atoms with van der Waals surface area (Å²) < 4.78 is 26.8. The van der Waals surface area contributed by atoms with Crippen LogP contribution in [-0.4, -0.2) is 38.7 Å². The monoisotopic (exact) mass is 399 g/mol. The summed E-state index contributed by atoms with van der Waals surface area (Å²) in [7, 11) is -2.14. The van der Waals surface area contributed by atoms with Crippen molar-refractivity contribution < 1.29 is 18.0 Å². The number of nitrogens with zero attached hydrogens (tertiary/aromatic N) is 1. The van der Waals surface area contributed by atoms with Crippen LogP contribution in [0.15, 0.2) is 41.3 Å². The van der Waals surface area contributed by atoms with Crippen LogP contribution in [0.5, 0.6) is 0 Å². The maximum atomic E-state index is 12.7. The molecule has 0 bridgehead atoms. The van der Waals surface area contributed by atoms with Crippen LogP contribution in [0, 0.1) is 0 Å². The number of sulfonamides is 1. The number of fused-ring (bicyclic) bond motifs is 2. The third-order valence-electron chi connectivity index (χ3n) is 5.35. The maximum Gasteiger partial charge on any atom is 0.322 e. The predicted molar refractivity (Wildman–Crippen MR) is 105 cm³/mol. The molecular formula is C20H21N3O4S. The molecule has 1 heterocycles. The number of aryl methyl sites for hydroxylation is 1. The Balaban J connectivity index is 1.51. The Morgan fingerprint density at radius 1 is 1.07 bits per heavy atom. The first kappa shape index (κ1) is 18.6. The van der Waals surface area contributed by atoms with Crippen LogP contribution in [0.3, 0.4) is 0 Å². The number of rotatable bonds is 3. The number of amides is 2. The highest BCUT2D eigenvalue weighted by atomic mass is 32.2. The van der Waals surface area contributed by atoms with Crippen molar-refractivity contribution in [2.45, 2.75) is 30.7 Å². The average molecular weight is 399 g/mol. The second-order valence-electron chi connectivity index (χ2n) is 7.00. The molecule has 0 atom stereocenters. The number of carbonyl (C=O) groups is 2. The van der Waals surface area contributed by atoms with E-state index in [2.05, 4.69) is 10.0 Å². The molecule has 2 amide bonds. The number of anilines is 1. The number of urea groups is 1. The van der Waals surface area contributed by atoms with Gasteiger partial charge in [0.05, 0.1) is 4.90 Å². The van der Waals surface area contributed by atoms with E-state index in [1.54, 1.807) is 29.2 Å². The van der Waals surface area contributed by atoms with E-state index in [-0.39, 0.29) is 16.7 Å². The van der Waals surface area contributed by atoms with Crippen LogP contribution >= 0.6 is 0 Å².